The fourth-order valence-corrected chi connectivity index (χ4v) is 0.123. The Kier molecular flexibility index (Phi) is 7.75. The first-order valence-corrected chi connectivity index (χ1v) is 1.63. The van der Waals surface area contributed by atoms with E-state index in [1.807, 2.05) is 0 Å². The van der Waals surface area contributed by atoms with Crippen molar-refractivity contribution in [2.45, 2.75) is 6.92 Å². The van der Waals surface area contributed by atoms with Crippen LogP contribution in [0.25, 0.3) is 0 Å². The van der Waals surface area contributed by atoms with Gasteiger partial charge in [0.15, 0.2) is 0 Å². The molecule has 0 fully saturated rings. The number of hydrogen-bond donors (Lipinski definition) is 1. The van der Waals surface area contributed by atoms with Crippen LogP contribution in [0.1, 0.15) is 6.92 Å². The molecule has 0 aromatic rings. The molecule has 4 heteroatoms. The third-order valence-electron chi connectivity index (χ3n) is 0.268. The van der Waals surface area contributed by atoms with Crippen LogP contribution in [0.15, 0.2) is 0 Å². The highest BCUT2D eigenvalue weighted by Crippen LogP contribution is 1.69. The van der Waals surface area contributed by atoms with Crippen LogP contribution in [-0.4, -0.2) is 17.9 Å². The van der Waals surface area contributed by atoms with Gasteiger partial charge in [0.25, 0.3) is 0 Å². The van der Waals surface area contributed by atoms with Crippen molar-refractivity contribution in [1.82, 2.24) is 0 Å². The number of halogens is 1. The van der Waals surface area contributed by atoms with Crippen molar-refractivity contribution in [1.29, 1.82) is 0 Å². The predicted octanol–water partition coefficient (Wildman–Crippen LogP) is -2.30. The third kappa shape index (κ3) is 10.8. The summed E-state index contributed by atoms with van der Waals surface area (Å²) in [4.78, 5) is 9.38. The summed E-state index contributed by atoms with van der Waals surface area (Å²) < 4.78 is 3.96. The van der Waals surface area contributed by atoms with E-state index in [2.05, 4.69) is 4.74 Å². The summed E-state index contributed by atoms with van der Waals surface area (Å²) in [7, 11) is 0. The molecule has 0 radical (unpaired) electrons. The van der Waals surface area contributed by atoms with Gasteiger partial charge in [0.2, 0.25) is 0 Å². The van der Waals surface area contributed by atoms with E-state index < -0.39 is 6.16 Å². The van der Waals surface area contributed by atoms with E-state index in [1.54, 1.807) is 6.92 Å². The number of ether oxygens (including phenoxy) is 1. The Morgan fingerprint density at radius 3 is 2.29 bits per heavy atom. The van der Waals surface area contributed by atoms with Crippen molar-refractivity contribution in [3.05, 3.63) is 0 Å². The molecule has 0 unspecified atom stereocenters. The van der Waals surface area contributed by atoms with Gasteiger partial charge in [0.1, 0.15) is 0 Å². The maximum absolute atomic E-state index is 9.38. The highest BCUT2D eigenvalue weighted by atomic mass is 35.5. The Morgan fingerprint density at radius 2 is 2.29 bits per heavy atom. The van der Waals surface area contributed by atoms with Crippen LogP contribution in [0.5, 0.6) is 0 Å². The van der Waals surface area contributed by atoms with Crippen LogP contribution in [0.3, 0.4) is 0 Å². The van der Waals surface area contributed by atoms with Crippen molar-refractivity contribution in [3.63, 3.8) is 0 Å². The smallest absolute Gasteiger partial charge is 0.505 e. The van der Waals surface area contributed by atoms with E-state index in [4.69, 9.17) is 5.11 Å². The lowest BCUT2D eigenvalue weighted by atomic mass is 10.9. The number of hydrogen-bond acceptors (Lipinski definition) is 2. The molecule has 0 aliphatic rings. The lowest BCUT2D eigenvalue weighted by Gasteiger charge is -1.87. The lowest BCUT2D eigenvalue weighted by Crippen LogP contribution is -3.00. The summed E-state index contributed by atoms with van der Waals surface area (Å²) in [5.41, 5.74) is 0. The second-order valence-corrected chi connectivity index (χ2v) is 0.699. The van der Waals surface area contributed by atoms with Gasteiger partial charge in [-0.2, -0.15) is 0 Å². The SMILES string of the molecule is CCOC(=O)O.[Cl-]. The molecule has 0 aromatic heterocycles. The second kappa shape index (κ2) is 5.56. The number of carboxylic acid groups (broad SMARTS) is 1. The second-order valence-electron chi connectivity index (χ2n) is 0.699. The van der Waals surface area contributed by atoms with Gasteiger partial charge in [-0.3, -0.25) is 0 Å². The monoisotopic (exact) mass is 125 g/mol. The van der Waals surface area contributed by atoms with Crippen LogP contribution in [0.2, 0.25) is 0 Å². The molecule has 0 bridgehead atoms. The van der Waals surface area contributed by atoms with E-state index in [0.717, 1.165) is 0 Å². The van der Waals surface area contributed by atoms with Gasteiger partial charge < -0.3 is 22.3 Å². The average molecular weight is 126 g/mol. The minimum atomic E-state index is -1.21. The fourth-order valence-electron chi connectivity index (χ4n) is 0.123. The zero-order valence-electron chi connectivity index (χ0n) is 3.85. The molecule has 0 aliphatic heterocycles. The molecule has 0 saturated carbocycles. The Labute approximate surface area is 47.7 Å². The van der Waals surface area contributed by atoms with Crippen LogP contribution >= 0.6 is 0 Å². The average Bonchev–Trinajstić information content (AvgIpc) is 1.35. The molecule has 7 heavy (non-hydrogen) atoms. The summed E-state index contributed by atoms with van der Waals surface area (Å²) >= 11 is 0. The van der Waals surface area contributed by atoms with Gasteiger partial charge >= 0.3 is 6.16 Å². The highest BCUT2D eigenvalue weighted by Gasteiger charge is 1.86. The Morgan fingerprint density at radius 1 is 1.86 bits per heavy atom. The highest BCUT2D eigenvalue weighted by molar-refractivity contribution is 5.56. The van der Waals surface area contributed by atoms with Gasteiger partial charge in [-0.15, -0.1) is 0 Å². The minimum absolute atomic E-state index is 0. The van der Waals surface area contributed by atoms with E-state index in [0.29, 0.717) is 0 Å². The first-order valence-electron chi connectivity index (χ1n) is 1.63. The van der Waals surface area contributed by atoms with Gasteiger partial charge in [-0.1, -0.05) is 0 Å². The summed E-state index contributed by atoms with van der Waals surface area (Å²) in [5, 5.41) is 7.69. The van der Waals surface area contributed by atoms with Crippen LogP contribution < -0.4 is 12.4 Å². The molecule has 0 atom stereocenters. The van der Waals surface area contributed by atoms with Crippen molar-refractivity contribution in [2.24, 2.45) is 0 Å². The van der Waals surface area contributed by atoms with Gasteiger partial charge in [0.05, 0.1) is 6.61 Å². The Hall–Kier alpha value is -0.440. The number of carbonyl (C=O) groups is 1. The molecule has 0 aromatic carbocycles. The summed E-state index contributed by atoms with van der Waals surface area (Å²) in [6, 6.07) is 0. The quantitative estimate of drug-likeness (QED) is 0.401. The topological polar surface area (TPSA) is 46.5 Å². The Bertz CT molecular complexity index is 54.1. The van der Waals surface area contributed by atoms with E-state index in [1.165, 1.54) is 0 Å². The summed E-state index contributed by atoms with van der Waals surface area (Å²) in [5.74, 6) is 0. The van der Waals surface area contributed by atoms with Crippen LogP contribution in [0, 0.1) is 0 Å². The largest absolute Gasteiger partial charge is 1.00 e. The standard InChI is InChI=1S/C3H6O3.ClH/c1-2-6-3(4)5;/h2H2,1H3,(H,4,5);1H/p-1. The molecule has 1 N–H and O–H groups in total. The molecule has 0 heterocycles. The molecule has 0 aliphatic carbocycles. The number of rotatable bonds is 1. The molecule has 0 amide bonds. The maximum Gasteiger partial charge on any atom is 0.505 e. The van der Waals surface area contributed by atoms with Gasteiger partial charge in [-0.05, 0) is 6.92 Å². The van der Waals surface area contributed by atoms with Crippen LogP contribution in [-0.2, 0) is 4.74 Å². The molecule has 0 saturated heterocycles. The van der Waals surface area contributed by atoms with Crippen molar-refractivity contribution in [3.8, 4) is 0 Å². The predicted molar refractivity (Wildman–Crippen MR) is 19.7 cm³/mol. The maximum atomic E-state index is 9.38. The minimum Gasteiger partial charge on any atom is -1.00 e. The van der Waals surface area contributed by atoms with Crippen molar-refractivity contribution in [2.75, 3.05) is 6.61 Å². The summed E-state index contributed by atoms with van der Waals surface area (Å²) in [6.45, 7) is 1.85. The van der Waals surface area contributed by atoms with E-state index in [9.17, 15) is 4.79 Å². The first kappa shape index (κ1) is 9.75. The molecule has 44 valence electrons. The zero-order valence-corrected chi connectivity index (χ0v) is 4.60. The van der Waals surface area contributed by atoms with Gasteiger partial charge in [0, 0.05) is 0 Å². The van der Waals surface area contributed by atoms with E-state index in [-0.39, 0.29) is 19.0 Å². The van der Waals surface area contributed by atoms with E-state index >= 15 is 0 Å². The zero-order chi connectivity index (χ0) is 4.99. The van der Waals surface area contributed by atoms with Crippen molar-refractivity contribution < 1.29 is 27.0 Å². The Balaban J connectivity index is 0. The molecule has 0 spiro atoms. The first-order chi connectivity index (χ1) is 2.77. The fraction of sp³-hybridized carbons (Fsp3) is 0.667. The van der Waals surface area contributed by atoms with Crippen LogP contribution in [0.4, 0.5) is 4.79 Å². The van der Waals surface area contributed by atoms with Gasteiger partial charge in [-0.25, -0.2) is 4.79 Å². The third-order valence-corrected chi connectivity index (χ3v) is 0.268. The normalized spacial score (nSPS) is 6.43. The molecule has 3 nitrogen and oxygen atoms in total. The molecule has 0 rings (SSSR count). The molecular weight excluding hydrogens is 119 g/mol. The summed E-state index contributed by atoms with van der Waals surface area (Å²) in [6.07, 6.45) is -1.21. The molecular formula is C3H6ClO3-. The van der Waals surface area contributed by atoms with Crippen molar-refractivity contribution >= 4 is 6.16 Å². The lowest BCUT2D eigenvalue weighted by molar-refractivity contribution is -0.0000150.